The van der Waals surface area contributed by atoms with E-state index in [2.05, 4.69) is 16.7 Å². The van der Waals surface area contributed by atoms with Crippen LogP contribution in [0.5, 0.6) is 5.75 Å². The largest absolute Gasteiger partial charge is 0.490 e. The van der Waals surface area contributed by atoms with E-state index >= 15 is 0 Å². The second-order valence-corrected chi connectivity index (χ2v) is 7.15. The summed E-state index contributed by atoms with van der Waals surface area (Å²) in [5.74, 6) is 6.34. The number of ether oxygens (including phenoxy) is 2. The molecule has 0 radical (unpaired) electrons. The van der Waals surface area contributed by atoms with E-state index in [0.717, 1.165) is 31.8 Å². The topological polar surface area (TPSA) is 41.9 Å². The van der Waals surface area contributed by atoms with Crippen LogP contribution in [0.2, 0.25) is 0 Å². The molecule has 0 spiro atoms. The van der Waals surface area contributed by atoms with Crippen LogP contribution in [-0.4, -0.2) is 49.5 Å². The van der Waals surface area contributed by atoms with Crippen molar-refractivity contribution in [1.29, 1.82) is 0 Å². The predicted molar refractivity (Wildman–Crippen MR) is 100 cm³/mol. The van der Waals surface area contributed by atoms with Crippen LogP contribution in [0.4, 0.5) is 13.2 Å². The van der Waals surface area contributed by atoms with E-state index < -0.39 is 11.7 Å². The molecule has 2 heterocycles. The molecule has 0 aliphatic carbocycles. The lowest BCUT2D eigenvalue weighted by Gasteiger charge is -2.26. The summed E-state index contributed by atoms with van der Waals surface area (Å²) in [6.07, 6.45) is -4.36. The first kappa shape index (κ1) is 20.7. The van der Waals surface area contributed by atoms with E-state index in [9.17, 15) is 18.3 Å². The van der Waals surface area contributed by atoms with Crippen molar-refractivity contribution in [3.8, 4) is 17.6 Å². The van der Waals surface area contributed by atoms with Crippen molar-refractivity contribution in [3.05, 3.63) is 51.2 Å². The molecule has 0 atom stereocenters. The van der Waals surface area contributed by atoms with Gasteiger partial charge in [-0.05, 0) is 24.3 Å². The number of aliphatic hydroxyl groups is 1. The second kappa shape index (κ2) is 9.43. The van der Waals surface area contributed by atoms with Crippen molar-refractivity contribution in [1.82, 2.24) is 4.90 Å². The van der Waals surface area contributed by atoms with E-state index in [1.807, 2.05) is 0 Å². The highest BCUT2D eigenvalue weighted by Crippen LogP contribution is 2.31. The summed E-state index contributed by atoms with van der Waals surface area (Å²) in [6, 6.07) is 4.70. The summed E-state index contributed by atoms with van der Waals surface area (Å²) >= 11 is 1.34. The monoisotopic (exact) mass is 411 g/mol. The van der Waals surface area contributed by atoms with Gasteiger partial charge in [0.2, 0.25) is 0 Å². The van der Waals surface area contributed by atoms with Crippen LogP contribution in [-0.2, 0) is 17.5 Å². The number of thiophene rings is 1. The Morgan fingerprint density at radius 2 is 1.86 bits per heavy atom. The van der Waals surface area contributed by atoms with Gasteiger partial charge in [-0.15, -0.1) is 11.3 Å². The minimum atomic E-state index is -4.36. The van der Waals surface area contributed by atoms with Crippen molar-refractivity contribution in [3.63, 3.8) is 0 Å². The fourth-order valence-corrected chi connectivity index (χ4v) is 3.50. The van der Waals surface area contributed by atoms with E-state index in [1.165, 1.54) is 23.5 Å². The standard InChI is InChI=1S/C20H20F3NO3S/c21-20(22,23)17-5-2-15(3-6-17)1-4-16-14-28-18(13-25)19(16)27-12-9-24-7-10-26-11-8-24/h2-3,5-6,14,25H,7-13H2. The zero-order chi connectivity index (χ0) is 20.0. The molecular weight excluding hydrogens is 391 g/mol. The normalized spacial score (nSPS) is 15.1. The molecule has 0 bridgehead atoms. The smallest absolute Gasteiger partial charge is 0.416 e. The Balaban J connectivity index is 1.67. The van der Waals surface area contributed by atoms with Gasteiger partial charge in [-0.3, -0.25) is 4.90 Å². The lowest BCUT2D eigenvalue weighted by molar-refractivity contribution is -0.137. The van der Waals surface area contributed by atoms with Gasteiger partial charge in [-0.1, -0.05) is 11.8 Å². The maximum absolute atomic E-state index is 12.6. The number of hydrogen-bond donors (Lipinski definition) is 1. The molecule has 150 valence electrons. The van der Waals surface area contributed by atoms with Crippen LogP contribution in [0.3, 0.4) is 0 Å². The maximum atomic E-state index is 12.6. The number of alkyl halides is 3. The summed E-state index contributed by atoms with van der Waals surface area (Å²) in [7, 11) is 0. The third-order valence-corrected chi connectivity index (χ3v) is 5.22. The molecule has 3 rings (SSSR count). The van der Waals surface area contributed by atoms with Gasteiger partial charge in [0.15, 0.2) is 5.75 Å². The minimum absolute atomic E-state index is 0.153. The molecule has 1 aliphatic rings. The number of nitrogens with zero attached hydrogens (tertiary/aromatic N) is 1. The van der Waals surface area contributed by atoms with E-state index in [4.69, 9.17) is 9.47 Å². The second-order valence-electron chi connectivity index (χ2n) is 6.19. The SMILES string of the molecule is OCc1scc(C#Cc2ccc(C(F)(F)F)cc2)c1OCCN1CCOCC1. The lowest BCUT2D eigenvalue weighted by Crippen LogP contribution is -2.38. The van der Waals surface area contributed by atoms with Crippen molar-refractivity contribution >= 4 is 11.3 Å². The Hall–Kier alpha value is -2.05. The Morgan fingerprint density at radius 3 is 2.50 bits per heavy atom. The number of rotatable bonds is 5. The van der Waals surface area contributed by atoms with Gasteiger partial charge in [0.1, 0.15) is 6.61 Å². The quantitative estimate of drug-likeness (QED) is 0.767. The Bertz CT molecular complexity index is 831. The number of halogens is 3. The van der Waals surface area contributed by atoms with Gasteiger partial charge in [0.25, 0.3) is 0 Å². The Labute approximate surface area is 165 Å². The highest BCUT2D eigenvalue weighted by molar-refractivity contribution is 7.10. The first-order chi connectivity index (χ1) is 13.5. The molecule has 0 unspecified atom stereocenters. The van der Waals surface area contributed by atoms with Crippen molar-refractivity contribution in [2.24, 2.45) is 0 Å². The molecule has 0 amide bonds. The van der Waals surface area contributed by atoms with Gasteiger partial charge < -0.3 is 14.6 Å². The highest BCUT2D eigenvalue weighted by atomic mass is 32.1. The zero-order valence-corrected chi connectivity index (χ0v) is 15.9. The first-order valence-corrected chi connectivity index (χ1v) is 9.69. The molecule has 1 aliphatic heterocycles. The van der Waals surface area contributed by atoms with Gasteiger partial charge in [0, 0.05) is 30.6 Å². The molecule has 1 fully saturated rings. The fraction of sp³-hybridized carbons (Fsp3) is 0.400. The summed E-state index contributed by atoms with van der Waals surface area (Å²) in [6.45, 7) is 4.20. The maximum Gasteiger partial charge on any atom is 0.416 e. The van der Waals surface area contributed by atoms with Gasteiger partial charge in [-0.25, -0.2) is 0 Å². The number of benzene rings is 1. The molecule has 1 saturated heterocycles. The number of aliphatic hydroxyl groups excluding tert-OH is 1. The molecular formula is C20H20F3NO3S. The zero-order valence-electron chi connectivity index (χ0n) is 15.1. The average molecular weight is 411 g/mol. The van der Waals surface area contributed by atoms with Crippen LogP contribution in [0.15, 0.2) is 29.6 Å². The molecule has 28 heavy (non-hydrogen) atoms. The summed E-state index contributed by atoms with van der Waals surface area (Å²) < 4.78 is 49.1. The molecule has 1 aromatic carbocycles. The molecule has 2 aromatic rings. The van der Waals surface area contributed by atoms with Crippen LogP contribution < -0.4 is 4.74 Å². The van der Waals surface area contributed by atoms with Gasteiger partial charge in [-0.2, -0.15) is 13.2 Å². The molecule has 1 N–H and O–H groups in total. The van der Waals surface area contributed by atoms with E-state index in [1.54, 1.807) is 5.38 Å². The van der Waals surface area contributed by atoms with Crippen LogP contribution in [0.25, 0.3) is 0 Å². The van der Waals surface area contributed by atoms with Gasteiger partial charge >= 0.3 is 6.18 Å². The summed E-state index contributed by atoms with van der Waals surface area (Å²) in [5.41, 5.74) is 0.392. The average Bonchev–Trinajstić information content (AvgIpc) is 3.09. The van der Waals surface area contributed by atoms with Crippen molar-refractivity contribution in [2.75, 3.05) is 39.5 Å². The van der Waals surface area contributed by atoms with Crippen LogP contribution in [0, 0.1) is 11.8 Å². The minimum Gasteiger partial charge on any atom is -0.490 e. The highest BCUT2D eigenvalue weighted by Gasteiger charge is 2.29. The third-order valence-electron chi connectivity index (χ3n) is 4.27. The van der Waals surface area contributed by atoms with E-state index in [0.29, 0.717) is 41.6 Å². The first-order valence-electron chi connectivity index (χ1n) is 8.81. The Morgan fingerprint density at radius 1 is 1.14 bits per heavy atom. The van der Waals surface area contributed by atoms with Gasteiger partial charge in [0.05, 0.1) is 35.8 Å². The van der Waals surface area contributed by atoms with Crippen molar-refractivity contribution < 1.29 is 27.8 Å². The van der Waals surface area contributed by atoms with E-state index in [-0.39, 0.29) is 6.61 Å². The van der Waals surface area contributed by atoms with Crippen LogP contribution >= 0.6 is 11.3 Å². The third kappa shape index (κ3) is 5.49. The number of morpholine rings is 1. The summed E-state index contributed by atoms with van der Waals surface area (Å²) in [4.78, 5) is 2.92. The van der Waals surface area contributed by atoms with Crippen LogP contribution in [0.1, 0.15) is 21.6 Å². The molecule has 4 nitrogen and oxygen atoms in total. The Kier molecular flexibility index (Phi) is 6.97. The predicted octanol–water partition coefficient (Wildman–Crippen LogP) is 3.37. The molecule has 0 saturated carbocycles. The van der Waals surface area contributed by atoms with Crippen molar-refractivity contribution in [2.45, 2.75) is 12.8 Å². The fourth-order valence-electron chi connectivity index (χ4n) is 2.72. The summed E-state index contributed by atoms with van der Waals surface area (Å²) in [5, 5.41) is 11.3. The molecule has 8 heteroatoms. The number of hydrogen-bond acceptors (Lipinski definition) is 5. The lowest BCUT2D eigenvalue weighted by atomic mass is 10.1. The molecule has 1 aromatic heterocycles.